The summed E-state index contributed by atoms with van der Waals surface area (Å²) in [5.41, 5.74) is 2.26. The van der Waals surface area contributed by atoms with E-state index >= 15 is 0 Å². The molecule has 6 heteroatoms. The third-order valence-corrected chi connectivity index (χ3v) is 4.71. The molecule has 0 bridgehead atoms. The first-order chi connectivity index (χ1) is 9.24. The van der Waals surface area contributed by atoms with Crippen LogP contribution in [0.4, 0.5) is 0 Å². The van der Waals surface area contributed by atoms with Gasteiger partial charge in [0.1, 0.15) is 5.75 Å². The minimum atomic E-state index is -0.0638. The van der Waals surface area contributed by atoms with Gasteiger partial charge in [0.25, 0.3) is 0 Å². The first-order valence-electron chi connectivity index (χ1n) is 6.27. The van der Waals surface area contributed by atoms with E-state index in [4.69, 9.17) is 4.74 Å². The van der Waals surface area contributed by atoms with Crippen molar-refractivity contribution in [2.45, 2.75) is 19.0 Å². The second-order valence-corrected chi connectivity index (χ2v) is 6.59. The summed E-state index contributed by atoms with van der Waals surface area (Å²) in [6.07, 6.45) is 0.941. The molecule has 1 amide bonds. The van der Waals surface area contributed by atoms with Crippen molar-refractivity contribution in [3.63, 3.8) is 0 Å². The summed E-state index contributed by atoms with van der Waals surface area (Å²) in [6, 6.07) is 4.04. The average molecular weight is 343 g/mol. The Morgan fingerprint density at radius 2 is 2.47 bits per heavy atom. The lowest BCUT2D eigenvalue weighted by Crippen LogP contribution is -2.41. The Bertz CT molecular complexity index is 504. The Morgan fingerprint density at radius 3 is 3.26 bits per heavy atom. The molecule has 1 aromatic carbocycles. The maximum atomic E-state index is 12.0. The number of rotatable bonds is 3. The number of amides is 1. The molecule has 0 saturated carbocycles. The molecule has 2 N–H and O–H groups in total. The Morgan fingerprint density at radius 1 is 1.58 bits per heavy atom. The van der Waals surface area contributed by atoms with Crippen molar-refractivity contribution < 1.29 is 9.53 Å². The minimum Gasteiger partial charge on any atom is -0.493 e. The second kappa shape index (κ2) is 5.73. The standard InChI is InChI=1S/C13H15BrN2O2S/c14-10-3-8-1-2-18-12(8)9(4-10)5-15-13(17)11-6-19-7-16-11/h3-4,11,16H,1-2,5-7H2,(H,15,17). The van der Waals surface area contributed by atoms with E-state index < -0.39 is 0 Å². The fourth-order valence-corrected chi connectivity index (χ4v) is 3.84. The molecule has 1 aromatic rings. The van der Waals surface area contributed by atoms with Gasteiger partial charge in [0.15, 0.2) is 0 Å². The monoisotopic (exact) mass is 342 g/mol. The topological polar surface area (TPSA) is 50.4 Å². The predicted octanol–water partition coefficient (Wildman–Crippen LogP) is 1.66. The Kier molecular flexibility index (Phi) is 4.00. The van der Waals surface area contributed by atoms with E-state index in [2.05, 4.69) is 32.6 Å². The predicted molar refractivity (Wildman–Crippen MR) is 79.4 cm³/mol. The van der Waals surface area contributed by atoms with Gasteiger partial charge in [0.05, 0.1) is 12.6 Å². The van der Waals surface area contributed by atoms with Gasteiger partial charge in [-0.3, -0.25) is 10.1 Å². The normalized spacial score (nSPS) is 21.0. The van der Waals surface area contributed by atoms with Gasteiger partial charge in [-0.25, -0.2) is 0 Å². The highest BCUT2D eigenvalue weighted by molar-refractivity contribution is 9.10. The third-order valence-electron chi connectivity index (χ3n) is 3.31. The zero-order chi connectivity index (χ0) is 13.2. The molecule has 2 heterocycles. The van der Waals surface area contributed by atoms with Crippen molar-refractivity contribution in [1.82, 2.24) is 10.6 Å². The van der Waals surface area contributed by atoms with Gasteiger partial charge in [-0.2, -0.15) is 0 Å². The molecule has 1 saturated heterocycles. The van der Waals surface area contributed by atoms with Gasteiger partial charge in [-0.1, -0.05) is 15.9 Å². The molecule has 4 nitrogen and oxygen atoms in total. The molecular weight excluding hydrogens is 328 g/mol. The second-order valence-electron chi connectivity index (χ2n) is 4.64. The summed E-state index contributed by atoms with van der Waals surface area (Å²) in [6.45, 7) is 1.25. The van der Waals surface area contributed by atoms with Crippen LogP contribution in [0.25, 0.3) is 0 Å². The third kappa shape index (κ3) is 2.90. The van der Waals surface area contributed by atoms with Crippen LogP contribution in [0.3, 0.4) is 0 Å². The molecule has 1 fully saturated rings. The van der Waals surface area contributed by atoms with Crippen molar-refractivity contribution in [2.75, 3.05) is 18.2 Å². The van der Waals surface area contributed by atoms with Crippen LogP contribution in [0.5, 0.6) is 5.75 Å². The molecule has 2 aliphatic heterocycles. The van der Waals surface area contributed by atoms with E-state index in [0.29, 0.717) is 6.54 Å². The number of benzene rings is 1. The van der Waals surface area contributed by atoms with Crippen molar-refractivity contribution in [3.8, 4) is 5.75 Å². The SMILES string of the molecule is O=C(NCc1cc(Br)cc2c1OCC2)C1CSCN1. The summed E-state index contributed by atoms with van der Waals surface area (Å²) in [5, 5.41) is 6.15. The molecule has 1 atom stereocenters. The van der Waals surface area contributed by atoms with Crippen LogP contribution < -0.4 is 15.4 Å². The van der Waals surface area contributed by atoms with E-state index in [1.807, 2.05) is 6.07 Å². The van der Waals surface area contributed by atoms with E-state index in [9.17, 15) is 4.79 Å². The van der Waals surface area contributed by atoms with Gasteiger partial charge in [0, 0.05) is 34.6 Å². The lowest BCUT2D eigenvalue weighted by molar-refractivity contribution is -0.122. The van der Waals surface area contributed by atoms with Crippen molar-refractivity contribution >= 4 is 33.6 Å². The molecular formula is C13H15BrN2O2S. The number of nitrogens with one attached hydrogen (secondary N) is 2. The van der Waals surface area contributed by atoms with Gasteiger partial charge >= 0.3 is 0 Å². The molecule has 0 radical (unpaired) electrons. The van der Waals surface area contributed by atoms with Crippen LogP contribution >= 0.6 is 27.7 Å². The zero-order valence-corrected chi connectivity index (χ0v) is 12.8. The van der Waals surface area contributed by atoms with E-state index in [1.54, 1.807) is 11.8 Å². The molecule has 102 valence electrons. The van der Waals surface area contributed by atoms with Crippen LogP contribution in [0, 0.1) is 0 Å². The average Bonchev–Trinajstić information content (AvgIpc) is 3.05. The van der Waals surface area contributed by atoms with Gasteiger partial charge in [-0.05, 0) is 17.7 Å². The molecule has 3 rings (SSSR count). The van der Waals surface area contributed by atoms with Gasteiger partial charge in [-0.15, -0.1) is 11.8 Å². The fourth-order valence-electron chi connectivity index (χ4n) is 2.35. The maximum absolute atomic E-state index is 12.0. The number of halogens is 1. The van der Waals surface area contributed by atoms with Crippen molar-refractivity contribution in [3.05, 3.63) is 27.7 Å². The maximum Gasteiger partial charge on any atom is 0.238 e. The lowest BCUT2D eigenvalue weighted by atomic mass is 10.1. The van der Waals surface area contributed by atoms with Gasteiger partial charge in [0.2, 0.25) is 5.91 Å². The van der Waals surface area contributed by atoms with Crippen LogP contribution in [0.15, 0.2) is 16.6 Å². The quantitative estimate of drug-likeness (QED) is 0.877. The fraction of sp³-hybridized carbons (Fsp3) is 0.462. The van der Waals surface area contributed by atoms with Crippen molar-refractivity contribution in [2.24, 2.45) is 0 Å². The Balaban J connectivity index is 1.68. The number of carbonyl (C=O) groups excluding carboxylic acids is 1. The number of hydrogen-bond acceptors (Lipinski definition) is 4. The highest BCUT2D eigenvalue weighted by Gasteiger charge is 2.23. The summed E-state index contributed by atoms with van der Waals surface area (Å²) in [4.78, 5) is 12.0. The molecule has 0 aromatic heterocycles. The summed E-state index contributed by atoms with van der Waals surface area (Å²) in [7, 11) is 0. The summed E-state index contributed by atoms with van der Waals surface area (Å²) in [5.74, 6) is 2.71. The van der Waals surface area contributed by atoms with Crippen LogP contribution in [0.1, 0.15) is 11.1 Å². The Labute approximate surface area is 124 Å². The molecule has 0 spiro atoms. The first-order valence-corrected chi connectivity index (χ1v) is 8.22. The number of carbonyl (C=O) groups is 1. The lowest BCUT2D eigenvalue weighted by Gasteiger charge is -2.13. The summed E-state index contributed by atoms with van der Waals surface area (Å²) >= 11 is 5.26. The van der Waals surface area contributed by atoms with Crippen LogP contribution in [0.2, 0.25) is 0 Å². The van der Waals surface area contributed by atoms with E-state index in [0.717, 1.165) is 40.4 Å². The van der Waals surface area contributed by atoms with Gasteiger partial charge < -0.3 is 10.1 Å². The highest BCUT2D eigenvalue weighted by Crippen LogP contribution is 2.32. The molecule has 19 heavy (non-hydrogen) atoms. The Hall–Kier alpha value is -0.720. The summed E-state index contributed by atoms with van der Waals surface area (Å²) < 4.78 is 6.69. The van der Waals surface area contributed by atoms with Crippen LogP contribution in [-0.2, 0) is 17.8 Å². The molecule has 2 aliphatic rings. The number of hydrogen-bond donors (Lipinski definition) is 2. The number of thioether (sulfide) groups is 1. The molecule has 0 aliphatic carbocycles. The van der Waals surface area contributed by atoms with Crippen LogP contribution in [-0.4, -0.2) is 30.2 Å². The molecule has 1 unspecified atom stereocenters. The van der Waals surface area contributed by atoms with E-state index in [1.165, 1.54) is 5.56 Å². The zero-order valence-electron chi connectivity index (χ0n) is 10.4. The van der Waals surface area contributed by atoms with E-state index in [-0.39, 0.29) is 11.9 Å². The number of ether oxygens (including phenoxy) is 1. The number of fused-ring (bicyclic) bond motifs is 1. The first kappa shape index (κ1) is 13.3. The minimum absolute atomic E-state index is 0.0638. The highest BCUT2D eigenvalue weighted by atomic mass is 79.9. The smallest absolute Gasteiger partial charge is 0.238 e. The largest absolute Gasteiger partial charge is 0.493 e. The van der Waals surface area contributed by atoms with Crippen molar-refractivity contribution in [1.29, 1.82) is 0 Å².